The molecule has 0 atom stereocenters. The van der Waals surface area contributed by atoms with Gasteiger partial charge in [-0.15, -0.1) is 0 Å². The van der Waals surface area contributed by atoms with Crippen molar-refractivity contribution in [2.75, 3.05) is 18.0 Å². The number of rotatable bonds is 3. The van der Waals surface area contributed by atoms with Crippen molar-refractivity contribution in [2.24, 2.45) is 0 Å². The first-order valence-electron chi connectivity index (χ1n) is 9.61. The Hall–Kier alpha value is -2.19. The van der Waals surface area contributed by atoms with Crippen molar-refractivity contribution >= 4 is 12.9 Å². The average Bonchev–Trinajstić information content (AvgIpc) is 3.28. The first-order valence-corrected chi connectivity index (χ1v) is 9.61. The fraction of sp³-hybridized carbons (Fsp3) is 0.500. The van der Waals surface area contributed by atoms with E-state index in [0.29, 0.717) is 31.7 Å². The van der Waals surface area contributed by atoms with Gasteiger partial charge in [0.05, 0.1) is 17.5 Å². The molecule has 2 fully saturated rings. The van der Waals surface area contributed by atoms with E-state index >= 15 is 4.39 Å². The number of anilines is 1. The van der Waals surface area contributed by atoms with Crippen LogP contribution in [0.1, 0.15) is 40.5 Å². The van der Waals surface area contributed by atoms with Crippen molar-refractivity contribution in [3.63, 3.8) is 0 Å². The van der Waals surface area contributed by atoms with Gasteiger partial charge in [-0.25, -0.2) is 14.4 Å². The lowest BCUT2D eigenvalue weighted by atomic mass is 9.82. The minimum atomic E-state index is -0.920. The number of hydrogen-bond donors (Lipinski definition) is 0. The number of furan rings is 1. The molecule has 2 aliphatic rings. The number of nitrogens with zero attached hydrogens (tertiary/aromatic N) is 3. The molecule has 8 heteroatoms. The largest absolute Gasteiger partial charge is 0.525 e. The highest BCUT2D eigenvalue weighted by molar-refractivity contribution is 6.53. The Bertz CT molecular complexity index is 857. The van der Waals surface area contributed by atoms with Gasteiger partial charge >= 0.3 is 7.12 Å². The van der Waals surface area contributed by atoms with Crippen LogP contribution in [0.5, 0.6) is 0 Å². The fourth-order valence-electron chi connectivity index (χ4n) is 3.44. The SMILES string of the molecule is CC1(C)OB(C(F)=C2CCN(c3cc(-c4ccco4)ncn3)CC2)OC1(C)C. The number of aromatic nitrogens is 2. The first kappa shape index (κ1) is 19.1. The molecule has 0 bridgehead atoms. The molecule has 4 heterocycles. The zero-order valence-electron chi connectivity index (χ0n) is 16.7. The summed E-state index contributed by atoms with van der Waals surface area (Å²) in [7, 11) is -0.920. The van der Waals surface area contributed by atoms with Crippen molar-refractivity contribution in [1.82, 2.24) is 9.97 Å². The Kier molecular flexibility index (Phi) is 4.79. The molecule has 0 aliphatic carbocycles. The number of hydrogen-bond acceptors (Lipinski definition) is 6. The van der Waals surface area contributed by atoms with E-state index in [4.69, 9.17) is 13.7 Å². The van der Waals surface area contributed by atoms with E-state index in [9.17, 15) is 0 Å². The maximum Gasteiger partial charge on any atom is 0.525 e. The average molecular weight is 385 g/mol. The molecule has 0 unspecified atom stereocenters. The Labute approximate surface area is 164 Å². The standard InChI is InChI=1S/C20H25BFN3O3/c1-19(2)20(3,4)28-21(27-19)18(22)14-7-9-25(10-8-14)17-12-15(23-13-24-17)16-6-5-11-26-16/h5-6,11-13H,7-10H2,1-4H3. The van der Waals surface area contributed by atoms with Gasteiger partial charge in [-0.1, -0.05) is 0 Å². The maximum atomic E-state index is 15.0. The smallest absolute Gasteiger partial charge is 0.463 e. The molecule has 0 saturated carbocycles. The molecule has 0 aromatic carbocycles. The summed E-state index contributed by atoms with van der Waals surface area (Å²) in [6.45, 7) is 9.07. The topological polar surface area (TPSA) is 60.6 Å². The fourth-order valence-corrected chi connectivity index (χ4v) is 3.44. The molecule has 6 nitrogen and oxygen atoms in total. The van der Waals surface area contributed by atoms with Crippen LogP contribution in [-0.4, -0.2) is 41.4 Å². The molecule has 0 spiro atoms. The number of piperidine rings is 1. The van der Waals surface area contributed by atoms with E-state index in [2.05, 4.69) is 14.9 Å². The Morgan fingerprint density at radius 2 is 1.79 bits per heavy atom. The van der Waals surface area contributed by atoms with Crippen LogP contribution in [0.2, 0.25) is 0 Å². The molecule has 2 aromatic rings. The summed E-state index contributed by atoms with van der Waals surface area (Å²) >= 11 is 0. The summed E-state index contributed by atoms with van der Waals surface area (Å²) < 4.78 is 32.1. The molecule has 2 saturated heterocycles. The van der Waals surface area contributed by atoms with Gasteiger partial charge in [0.15, 0.2) is 5.76 Å². The van der Waals surface area contributed by atoms with Crippen LogP contribution in [0.25, 0.3) is 11.5 Å². The van der Waals surface area contributed by atoms with Gasteiger partial charge in [0, 0.05) is 19.2 Å². The quantitative estimate of drug-likeness (QED) is 0.739. The monoisotopic (exact) mass is 385 g/mol. The van der Waals surface area contributed by atoms with Crippen molar-refractivity contribution in [2.45, 2.75) is 51.7 Å². The predicted molar refractivity (Wildman–Crippen MR) is 105 cm³/mol. The summed E-state index contributed by atoms with van der Waals surface area (Å²) in [5.74, 6) is 1.52. The lowest BCUT2D eigenvalue weighted by Gasteiger charge is -2.32. The summed E-state index contributed by atoms with van der Waals surface area (Å²) in [6.07, 6.45) is 4.36. The molecule has 2 aromatic heterocycles. The predicted octanol–water partition coefficient (Wildman–Crippen LogP) is 4.19. The van der Waals surface area contributed by atoms with E-state index in [1.54, 1.807) is 6.26 Å². The minimum Gasteiger partial charge on any atom is -0.463 e. The Morgan fingerprint density at radius 3 is 2.39 bits per heavy atom. The van der Waals surface area contributed by atoms with Crippen LogP contribution < -0.4 is 4.90 Å². The second-order valence-electron chi connectivity index (χ2n) is 8.27. The Balaban J connectivity index is 1.45. The van der Waals surface area contributed by atoms with Gasteiger partial charge in [-0.05, 0) is 58.2 Å². The van der Waals surface area contributed by atoms with Crippen molar-refractivity contribution < 1.29 is 18.1 Å². The van der Waals surface area contributed by atoms with E-state index in [1.807, 2.05) is 45.9 Å². The van der Waals surface area contributed by atoms with Gasteiger partial charge < -0.3 is 18.6 Å². The Morgan fingerprint density at radius 1 is 1.11 bits per heavy atom. The van der Waals surface area contributed by atoms with E-state index < -0.39 is 18.3 Å². The summed E-state index contributed by atoms with van der Waals surface area (Å²) in [5, 5.41) is 0. The molecule has 2 aliphatic heterocycles. The number of halogens is 1. The zero-order valence-corrected chi connectivity index (χ0v) is 16.7. The second kappa shape index (κ2) is 7.01. The molecule has 0 radical (unpaired) electrons. The third-order valence-electron chi connectivity index (χ3n) is 5.92. The van der Waals surface area contributed by atoms with Crippen molar-refractivity contribution in [3.05, 3.63) is 42.1 Å². The molecule has 0 amide bonds. The molecule has 0 N–H and O–H groups in total. The van der Waals surface area contributed by atoms with Gasteiger partial charge in [-0.3, -0.25) is 0 Å². The van der Waals surface area contributed by atoms with E-state index in [-0.39, 0.29) is 5.73 Å². The van der Waals surface area contributed by atoms with Crippen LogP contribution >= 0.6 is 0 Å². The van der Waals surface area contributed by atoms with Gasteiger partial charge in [-0.2, -0.15) is 0 Å². The summed E-state index contributed by atoms with van der Waals surface area (Å²) in [4.78, 5) is 10.8. The zero-order chi connectivity index (χ0) is 19.9. The van der Waals surface area contributed by atoms with Crippen LogP contribution in [0.15, 0.2) is 46.5 Å². The third-order valence-corrected chi connectivity index (χ3v) is 5.92. The lowest BCUT2D eigenvalue weighted by molar-refractivity contribution is 0.00578. The van der Waals surface area contributed by atoms with Gasteiger partial charge in [0.25, 0.3) is 0 Å². The van der Waals surface area contributed by atoms with Gasteiger partial charge in [0.1, 0.15) is 23.6 Å². The summed E-state index contributed by atoms with van der Waals surface area (Å²) in [5.41, 5.74) is 0.131. The van der Waals surface area contributed by atoms with E-state index in [1.165, 1.54) is 6.33 Å². The van der Waals surface area contributed by atoms with Gasteiger partial charge in [0.2, 0.25) is 0 Å². The lowest BCUT2D eigenvalue weighted by Crippen LogP contribution is -2.41. The second-order valence-corrected chi connectivity index (χ2v) is 8.27. The molecule has 28 heavy (non-hydrogen) atoms. The molecular weight excluding hydrogens is 360 g/mol. The highest BCUT2D eigenvalue weighted by atomic mass is 19.1. The first-order chi connectivity index (χ1) is 13.3. The highest BCUT2D eigenvalue weighted by Gasteiger charge is 2.53. The molecular formula is C20H25BFN3O3. The molecule has 148 valence electrons. The van der Waals surface area contributed by atoms with Crippen LogP contribution in [-0.2, 0) is 9.31 Å². The molecule has 4 rings (SSSR count). The highest BCUT2D eigenvalue weighted by Crippen LogP contribution is 2.40. The summed E-state index contributed by atoms with van der Waals surface area (Å²) in [6, 6.07) is 5.59. The minimum absolute atomic E-state index is 0.280. The van der Waals surface area contributed by atoms with Crippen LogP contribution in [0, 0.1) is 0 Å². The third kappa shape index (κ3) is 3.46. The van der Waals surface area contributed by atoms with Crippen LogP contribution in [0.3, 0.4) is 0 Å². The van der Waals surface area contributed by atoms with Crippen molar-refractivity contribution in [3.8, 4) is 11.5 Å². The van der Waals surface area contributed by atoms with Crippen LogP contribution in [0.4, 0.5) is 10.2 Å². The maximum absolute atomic E-state index is 15.0. The van der Waals surface area contributed by atoms with Crippen molar-refractivity contribution in [1.29, 1.82) is 0 Å². The normalized spacial score (nSPS) is 21.2. The van der Waals surface area contributed by atoms with E-state index in [0.717, 1.165) is 17.1 Å².